The highest BCUT2D eigenvalue weighted by molar-refractivity contribution is 6.03. The number of esters is 2. The third-order valence-electron chi connectivity index (χ3n) is 7.07. The number of aryl methyl sites for hydroxylation is 2. The van der Waals surface area contributed by atoms with Gasteiger partial charge in [-0.05, 0) is 76.1 Å². The number of amides is 1. The molecule has 1 aliphatic heterocycles. The van der Waals surface area contributed by atoms with Crippen molar-refractivity contribution in [1.29, 1.82) is 0 Å². The summed E-state index contributed by atoms with van der Waals surface area (Å²) >= 11 is 0. The highest BCUT2D eigenvalue weighted by atomic mass is 16.5. The van der Waals surface area contributed by atoms with Gasteiger partial charge in [0.2, 0.25) is 0 Å². The van der Waals surface area contributed by atoms with Crippen LogP contribution < -0.4 is 5.32 Å². The summed E-state index contributed by atoms with van der Waals surface area (Å²) in [5.74, 6) is -0.986. The number of quaternary nitrogens is 1. The van der Waals surface area contributed by atoms with E-state index < -0.39 is 12.0 Å². The zero-order valence-electron chi connectivity index (χ0n) is 22.0. The molecule has 7 nitrogen and oxygen atoms in total. The van der Waals surface area contributed by atoms with Crippen LogP contribution in [0.5, 0.6) is 0 Å². The Labute approximate surface area is 214 Å². The Morgan fingerprint density at radius 2 is 1.64 bits per heavy atom. The van der Waals surface area contributed by atoms with E-state index >= 15 is 0 Å². The molecule has 7 heteroatoms. The zero-order chi connectivity index (χ0) is 26.1. The molecule has 3 rings (SSSR count). The fraction of sp³-hybridized carbons (Fsp3) is 0.483. The molecule has 1 saturated heterocycles. The largest absolute Gasteiger partial charge is 0.462 e. The van der Waals surface area contributed by atoms with Crippen molar-refractivity contribution in [3.05, 3.63) is 64.7 Å². The first-order valence-electron chi connectivity index (χ1n) is 12.9. The Kier molecular flexibility index (Phi) is 9.65. The lowest BCUT2D eigenvalue weighted by Gasteiger charge is -2.41. The molecule has 0 radical (unpaired) electrons. The number of ether oxygens (including phenoxy) is 2. The summed E-state index contributed by atoms with van der Waals surface area (Å²) in [7, 11) is 0. The van der Waals surface area contributed by atoms with E-state index in [1.165, 1.54) is 0 Å². The Balaban J connectivity index is 1.81. The number of carbonyl (C=O) groups excluding carboxylic acids is 3. The molecular weight excluding hydrogens is 456 g/mol. The summed E-state index contributed by atoms with van der Waals surface area (Å²) in [6, 6.07) is 12.8. The van der Waals surface area contributed by atoms with Crippen molar-refractivity contribution in [3.8, 4) is 0 Å². The fourth-order valence-electron chi connectivity index (χ4n) is 5.02. The van der Waals surface area contributed by atoms with Crippen LogP contribution in [-0.2, 0) is 25.7 Å². The fourth-order valence-corrected chi connectivity index (χ4v) is 5.02. The third-order valence-corrected chi connectivity index (χ3v) is 7.07. The van der Waals surface area contributed by atoms with Gasteiger partial charge in [0, 0.05) is 0 Å². The van der Waals surface area contributed by atoms with E-state index in [0.29, 0.717) is 15.7 Å². The summed E-state index contributed by atoms with van der Waals surface area (Å²) in [4.78, 5) is 39.2. The highest BCUT2D eigenvalue weighted by Gasteiger charge is 2.41. The maximum Gasteiger partial charge on any atom is 0.362 e. The van der Waals surface area contributed by atoms with Crippen LogP contribution in [0.4, 0.5) is 5.69 Å². The van der Waals surface area contributed by atoms with Crippen LogP contribution in [0.3, 0.4) is 0 Å². The second-order valence-electron chi connectivity index (χ2n) is 9.77. The van der Waals surface area contributed by atoms with Crippen LogP contribution in [0, 0.1) is 13.8 Å². The number of benzene rings is 2. The topological polar surface area (TPSA) is 81.7 Å². The van der Waals surface area contributed by atoms with E-state index in [4.69, 9.17) is 9.47 Å². The van der Waals surface area contributed by atoms with Crippen molar-refractivity contribution in [2.24, 2.45) is 0 Å². The van der Waals surface area contributed by atoms with E-state index in [0.717, 1.165) is 55.5 Å². The minimum Gasteiger partial charge on any atom is -0.462 e. The Morgan fingerprint density at radius 1 is 0.972 bits per heavy atom. The zero-order valence-corrected chi connectivity index (χ0v) is 22.0. The van der Waals surface area contributed by atoms with E-state index in [9.17, 15) is 14.4 Å². The first-order chi connectivity index (χ1) is 17.3. The van der Waals surface area contributed by atoms with Crippen molar-refractivity contribution in [1.82, 2.24) is 0 Å². The molecule has 2 aromatic carbocycles. The lowest BCUT2D eigenvalue weighted by Crippen LogP contribution is -2.61. The van der Waals surface area contributed by atoms with Crippen molar-refractivity contribution >= 4 is 23.5 Å². The monoisotopic (exact) mass is 495 g/mol. The number of hydrogen-bond donors (Lipinski definition) is 1. The molecule has 36 heavy (non-hydrogen) atoms. The van der Waals surface area contributed by atoms with E-state index in [-0.39, 0.29) is 31.6 Å². The van der Waals surface area contributed by atoms with Crippen molar-refractivity contribution < 1.29 is 28.3 Å². The number of hydrogen-bond acceptors (Lipinski definition) is 5. The quantitative estimate of drug-likeness (QED) is 0.394. The molecule has 2 aromatic rings. The molecule has 0 aromatic heterocycles. The maximum atomic E-state index is 13.6. The maximum absolute atomic E-state index is 13.6. The summed E-state index contributed by atoms with van der Waals surface area (Å²) in [6.45, 7) is 9.46. The van der Waals surface area contributed by atoms with Crippen molar-refractivity contribution in [3.63, 3.8) is 0 Å². The second kappa shape index (κ2) is 12.7. The minimum absolute atomic E-state index is 0.138. The first kappa shape index (κ1) is 27.4. The number of nitrogens with one attached hydrogen (secondary N) is 1. The van der Waals surface area contributed by atoms with Gasteiger partial charge < -0.3 is 19.3 Å². The van der Waals surface area contributed by atoms with E-state index in [2.05, 4.69) is 5.32 Å². The highest BCUT2D eigenvalue weighted by Crippen LogP contribution is 2.27. The lowest BCUT2D eigenvalue weighted by molar-refractivity contribution is -0.933. The number of rotatable bonds is 9. The Hall–Kier alpha value is -3.19. The normalized spacial score (nSPS) is 15.9. The van der Waals surface area contributed by atoms with Gasteiger partial charge in [-0.2, -0.15) is 0 Å². The van der Waals surface area contributed by atoms with Gasteiger partial charge in [-0.3, -0.25) is 4.79 Å². The molecule has 1 aliphatic rings. The van der Waals surface area contributed by atoms with E-state index in [1.54, 1.807) is 13.0 Å². The SMILES string of the molecule is CCOC(=O)c1cc(C)cc(C)c1NC(=O)C(C)[N+]1(CC(=O)OCc2ccccc2)CCCCCC1. The molecule has 1 fully saturated rings. The van der Waals surface area contributed by atoms with Crippen LogP contribution in [0.1, 0.15) is 66.6 Å². The van der Waals surface area contributed by atoms with Crippen LogP contribution in [0.2, 0.25) is 0 Å². The van der Waals surface area contributed by atoms with E-state index in [1.807, 2.05) is 57.2 Å². The molecular formula is C29H39N2O5+. The number of carbonyl (C=O) groups is 3. The van der Waals surface area contributed by atoms with Gasteiger partial charge in [0.1, 0.15) is 6.61 Å². The summed E-state index contributed by atoms with van der Waals surface area (Å²) in [6.07, 6.45) is 4.05. The summed E-state index contributed by atoms with van der Waals surface area (Å²) in [5.41, 5.74) is 3.46. The predicted molar refractivity (Wildman–Crippen MR) is 140 cm³/mol. The summed E-state index contributed by atoms with van der Waals surface area (Å²) in [5, 5.41) is 3.01. The molecule has 0 aliphatic carbocycles. The first-order valence-corrected chi connectivity index (χ1v) is 12.9. The van der Waals surface area contributed by atoms with Crippen LogP contribution in [-0.4, -0.2) is 54.6 Å². The number of likely N-dealkylation sites (tertiary alicyclic amines) is 1. The Bertz CT molecular complexity index is 1060. The second-order valence-corrected chi connectivity index (χ2v) is 9.77. The van der Waals surface area contributed by atoms with Gasteiger partial charge >= 0.3 is 11.9 Å². The molecule has 1 heterocycles. The standard InChI is InChI=1S/C29H38N2O5/c1-5-35-29(34)25-18-21(2)17-22(3)27(25)30-28(33)23(4)31(15-11-6-7-12-16-31)19-26(32)36-20-24-13-9-8-10-14-24/h8-10,13-14,17-18,23H,5-7,11-12,15-16,19-20H2,1-4H3/p+1. The third kappa shape index (κ3) is 6.94. The molecule has 194 valence electrons. The molecule has 0 saturated carbocycles. The lowest BCUT2D eigenvalue weighted by atomic mass is 10.0. The van der Waals surface area contributed by atoms with Gasteiger partial charge in [-0.25, -0.2) is 9.59 Å². The van der Waals surface area contributed by atoms with Gasteiger partial charge in [-0.1, -0.05) is 36.4 Å². The van der Waals surface area contributed by atoms with Crippen molar-refractivity contribution in [2.75, 3.05) is 31.6 Å². The smallest absolute Gasteiger partial charge is 0.362 e. The molecule has 1 N–H and O–H groups in total. The number of anilines is 1. The molecule has 1 amide bonds. The van der Waals surface area contributed by atoms with Gasteiger partial charge in [0.15, 0.2) is 12.6 Å². The van der Waals surface area contributed by atoms with Crippen LogP contribution >= 0.6 is 0 Å². The van der Waals surface area contributed by atoms with Gasteiger partial charge in [0.25, 0.3) is 5.91 Å². The predicted octanol–water partition coefficient (Wildman–Crippen LogP) is 4.94. The van der Waals surface area contributed by atoms with Crippen LogP contribution in [0.25, 0.3) is 0 Å². The minimum atomic E-state index is -0.497. The molecule has 0 spiro atoms. The number of nitrogens with zero attached hydrogens (tertiary/aromatic N) is 1. The average molecular weight is 496 g/mol. The molecule has 0 bridgehead atoms. The van der Waals surface area contributed by atoms with Gasteiger partial charge in [-0.15, -0.1) is 0 Å². The Morgan fingerprint density at radius 3 is 2.28 bits per heavy atom. The average Bonchev–Trinajstić information content (AvgIpc) is 3.10. The van der Waals surface area contributed by atoms with Gasteiger partial charge in [0.05, 0.1) is 30.9 Å². The van der Waals surface area contributed by atoms with Crippen molar-refractivity contribution in [2.45, 2.75) is 66.0 Å². The molecule has 1 atom stereocenters. The molecule has 1 unspecified atom stereocenters. The summed E-state index contributed by atoms with van der Waals surface area (Å²) < 4.78 is 11.2. The van der Waals surface area contributed by atoms with Crippen LogP contribution in [0.15, 0.2) is 42.5 Å².